The molecule has 1 N–H and O–H groups in total. The maximum absolute atomic E-state index is 12.5. The molecule has 0 radical (unpaired) electrons. The third kappa shape index (κ3) is 6.89. The summed E-state index contributed by atoms with van der Waals surface area (Å²) in [6.07, 6.45) is 7.04. The predicted octanol–water partition coefficient (Wildman–Crippen LogP) is 2.84. The quantitative estimate of drug-likeness (QED) is 0.628. The summed E-state index contributed by atoms with van der Waals surface area (Å²) in [4.78, 5) is 30.5. The molecule has 2 amide bonds. The molecule has 6 nitrogen and oxygen atoms in total. The molecular formula is C23H29N3O3. The first-order chi connectivity index (χ1) is 14.2. The fraction of sp³-hybridized carbons (Fsp3) is 0.435. The number of hydrogen-bond acceptors (Lipinski definition) is 4. The Morgan fingerprint density at radius 1 is 1.17 bits per heavy atom. The van der Waals surface area contributed by atoms with Crippen LogP contribution >= 0.6 is 0 Å². The topological polar surface area (TPSA) is 71.5 Å². The van der Waals surface area contributed by atoms with Crippen molar-refractivity contribution in [3.63, 3.8) is 0 Å². The number of piperidine rings is 1. The molecule has 2 aromatic rings. The Kier molecular flexibility index (Phi) is 8.04. The van der Waals surface area contributed by atoms with Gasteiger partial charge in [-0.1, -0.05) is 30.3 Å². The van der Waals surface area contributed by atoms with Crippen LogP contribution in [0.25, 0.3) is 0 Å². The smallest absolute Gasteiger partial charge is 0.224 e. The highest BCUT2D eigenvalue weighted by Crippen LogP contribution is 2.18. The van der Waals surface area contributed by atoms with Crippen LogP contribution < -0.4 is 10.1 Å². The molecule has 1 unspecified atom stereocenters. The number of likely N-dealkylation sites (tertiary alicyclic amines) is 1. The average molecular weight is 396 g/mol. The molecule has 1 fully saturated rings. The fourth-order valence-corrected chi connectivity index (χ4v) is 3.51. The summed E-state index contributed by atoms with van der Waals surface area (Å²) in [6.45, 7) is 2.32. The number of benzene rings is 1. The number of nitrogens with zero attached hydrogens (tertiary/aromatic N) is 2. The molecule has 0 saturated carbocycles. The van der Waals surface area contributed by atoms with Crippen LogP contribution in [0.4, 0.5) is 0 Å². The molecule has 0 aliphatic carbocycles. The molecule has 1 aromatic carbocycles. The van der Waals surface area contributed by atoms with Gasteiger partial charge in [0, 0.05) is 32.3 Å². The first kappa shape index (κ1) is 20.8. The van der Waals surface area contributed by atoms with E-state index in [0.29, 0.717) is 39.1 Å². The van der Waals surface area contributed by atoms with Crippen molar-refractivity contribution in [2.75, 3.05) is 26.2 Å². The number of rotatable bonds is 10. The molecule has 0 spiro atoms. The number of aromatic nitrogens is 1. The highest BCUT2D eigenvalue weighted by molar-refractivity contribution is 5.83. The molecule has 1 aromatic heterocycles. The lowest BCUT2D eigenvalue weighted by Crippen LogP contribution is -2.46. The molecule has 3 rings (SSSR count). The van der Waals surface area contributed by atoms with Gasteiger partial charge in [0.2, 0.25) is 11.8 Å². The minimum absolute atomic E-state index is 0.0342. The van der Waals surface area contributed by atoms with Gasteiger partial charge in [-0.15, -0.1) is 0 Å². The van der Waals surface area contributed by atoms with E-state index in [2.05, 4.69) is 22.4 Å². The van der Waals surface area contributed by atoms with Crippen LogP contribution in [-0.4, -0.2) is 47.9 Å². The summed E-state index contributed by atoms with van der Waals surface area (Å²) in [6, 6.07) is 14.0. The zero-order chi connectivity index (χ0) is 20.3. The highest BCUT2D eigenvalue weighted by Gasteiger charge is 2.29. The van der Waals surface area contributed by atoms with E-state index in [9.17, 15) is 9.59 Å². The minimum atomic E-state index is -0.122. The molecule has 1 aliphatic heterocycles. The molecule has 1 saturated heterocycles. The molecule has 29 heavy (non-hydrogen) atoms. The standard InChI is InChI=1S/C23H29N3O3/c27-22-12-11-20(18-26(22)15-5-9-19-7-2-1-3-8-19)23(28)25-14-6-16-29-21-10-4-13-24-17-21/h1-4,7-8,10,13,17,20H,5-6,9,11-12,14-16,18H2,(H,25,28). The number of aryl methyl sites for hydroxylation is 1. The monoisotopic (exact) mass is 395 g/mol. The summed E-state index contributed by atoms with van der Waals surface area (Å²) in [5.74, 6) is 0.804. The maximum atomic E-state index is 12.5. The van der Waals surface area contributed by atoms with Crippen molar-refractivity contribution in [1.29, 1.82) is 0 Å². The van der Waals surface area contributed by atoms with Crippen LogP contribution in [0.3, 0.4) is 0 Å². The van der Waals surface area contributed by atoms with Crippen LogP contribution in [0.5, 0.6) is 5.75 Å². The zero-order valence-electron chi connectivity index (χ0n) is 16.8. The number of ether oxygens (including phenoxy) is 1. The third-order valence-corrected chi connectivity index (χ3v) is 5.13. The van der Waals surface area contributed by atoms with Gasteiger partial charge in [-0.3, -0.25) is 14.6 Å². The van der Waals surface area contributed by atoms with Crippen LogP contribution in [0.1, 0.15) is 31.2 Å². The fourth-order valence-electron chi connectivity index (χ4n) is 3.51. The van der Waals surface area contributed by atoms with Gasteiger partial charge in [-0.05, 0) is 43.4 Å². The number of hydrogen-bond donors (Lipinski definition) is 1. The SMILES string of the molecule is O=C(NCCCOc1cccnc1)C1CCC(=O)N(CCCc2ccccc2)C1. The molecule has 154 valence electrons. The summed E-state index contributed by atoms with van der Waals surface area (Å²) >= 11 is 0. The van der Waals surface area contributed by atoms with E-state index in [1.54, 1.807) is 12.4 Å². The first-order valence-corrected chi connectivity index (χ1v) is 10.3. The van der Waals surface area contributed by atoms with Gasteiger partial charge >= 0.3 is 0 Å². The van der Waals surface area contributed by atoms with Gasteiger partial charge in [-0.2, -0.15) is 0 Å². The van der Waals surface area contributed by atoms with Crippen molar-refractivity contribution in [3.05, 3.63) is 60.4 Å². The van der Waals surface area contributed by atoms with E-state index >= 15 is 0 Å². The normalized spacial score (nSPS) is 16.5. The van der Waals surface area contributed by atoms with E-state index in [4.69, 9.17) is 4.74 Å². The number of amides is 2. The molecular weight excluding hydrogens is 366 g/mol. The zero-order valence-corrected chi connectivity index (χ0v) is 16.8. The Morgan fingerprint density at radius 3 is 2.83 bits per heavy atom. The van der Waals surface area contributed by atoms with E-state index in [1.165, 1.54) is 5.56 Å². The first-order valence-electron chi connectivity index (χ1n) is 10.3. The van der Waals surface area contributed by atoms with Gasteiger partial charge in [-0.25, -0.2) is 0 Å². The maximum Gasteiger partial charge on any atom is 0.224 e. The number of pyridine rings is 1. The summed E-state index contributed by atoms with van der Waals surface area (Å²) in [7, 11) is 0. The van der Waals surface area contributed by atoms with Crippen molar-refractivity contribution in [2.24, 2.45) is 5.92 Å². The highest BCUT2D eigenvalue weighted by atomic mass is 16.5. The second-order valence-electron chi connectivity index (χ2n) is 7.35. The second-order valence-corrected chi connectivity index (χ2v) is 7.35. The lowest BCUT2D eigenvalue weighted by atomic mass is 9.96. The summed E-state index contributed by atoms with van der Waals surface area (Å²) < 4.78 is 5.58. The van der Waals surface area contributed by atoms with E-state index in [1.807, 2.05) is 35.2 Å². The van der Waals surface area contributed by atoms with Gasteiger partial charge in [0.05, 0.1) is 18.7 Å². The Morgan fingerprint density at radius 2 is 2.03 bits per heavy atom. The molecule has 1 atom stereocenters. The largest absolute Gasteiger partial charge is 0.492 e. The van der Waals surface area contributed by atoms with Gasteiger partial charge in [0.15, 0.2) is 0 Å². The van der Waals surface area contributed by atoms with Crippen LogP contribution in [-0.2, 0) is 16.0 Å². The van der Waals surface area contributed by atoms with Gasteiger partial charge < -0.3 is 15.0 Å². The van der Waals surface area contributed by atoms with Crippen LogP contribution in [0.15, 0.2) is 54.9 Å². The van der Waals surface area contributed by atoms with Crippen LogP contribution in [0.2, 0.25) is 0 Å². The van der Waals surface area contributed by atoms with Gasteiger partial charge in [0.25, 0.3) is 0 Å². The lowest BCUT2D eigenvalue weighted by Gasteiger charge is -2.32. The average Bonchev–Trinajstić information content (AvgIpc) is 2.76. The number of carbonyl (C=O) groups is 2. The Bertz CT molecular complexity index is 767. The number of nitrogens with one attached hydrogen (secondary N) is 1. The Hall–Kier alpha value is -2.89. The Balaban J connectivity index is 1.34. The second kappa shape index (κ2) is 11.2. The van der Waals surface area contributed by atoms with Gasteiger partial charge in [0.1, 0.15) is 5.75 Å². The lowest BCUT2D eigenvalue weighted by molar-refractivity contribution is -0.138. The predicted molar refractivity (Wildman–Crippen MR) is 111 cm³/mol. The summed E-state index contributed by atoms with van der Waals surface area (Å²) in [5, 5.41) is 2.98. The molecule has 6 heteroatoms. The molecule has 1 aliphatic rings. The van der Waals surface area contributed by atoms with E-state index in [0.717, 1.165) is 25.0 Å². The third-order valence-electron chi connectivity index (χ3n) is 5.13. The van der Waals surface area contributed by atoms with Crippen molar-refractivity contribution < 1.29 is 14.3 Å². The van der Waals surface area contributed by atoms with E-state index < -0.39 is 0 Å². The van der Waals surface area contributed by atoms with Crippen molar-refractivity contribution in [2.45, 2.75) is 32.1 Å². The van der Waals surface area contributed by atoms with Crippen molar-refractivity contribution in [1.82, 2.24) is 15.2 Å². The van der Waals surface area contributed by atoms with E-state index in [-0.39, 0.29) is 17.7 Å². The minimum Gasteiger partial charge on any atom is -0.492 e. The number of carbonyl (C=O) groups excluding carboxylic acids is 2. The molecule has 2 heterocycles. The van der Waals surface area contributed by atoms with Crippen LogP contribution in [0, 0.1) is 5.92 Å². The van der Waals surface area contributed by atoms with Crippen molar-refractivity contribution in [3.8, 4) is 5.75 Å². The van der Waals surface area contributed by atoms with Crippen molar-refractivity contribution >= 4 is 11.8 Å². The summed E-state index contributed by atoms with van der Waals surface area (Å²) in [5.41, 5.74) is 1.28. The Labute approximate surface area is 172 Å². The molecule has 0 bridgehead atoms.